The van der Waals surface area contributed by atoms with E-state index in [-0.39, 0.29) is 5.91 Å². The van der Waals surface area contributed by atoms with Gasteiger partial charge in [0.2, 0.25) is 0 Å². The van der Waals surface area contributed by atoms with Crippen LogP contribution < -0.4 is 11.1 Å². The van der Waals surface area contributed by atoms with E-state index >= 15 is 0 Å². The van der Waals surface area contributed by atoms with E-state index in [1.165, 1.54) is 6.20 Å². The van der Waals surface area contributed by atoms with Crippen molar-refractivity contribution in [3.8, 4) is 0 Å². The summed E-state index contributed by atoms with van der Waals surface area (Å²) in [7, 11) is 0. The van der Waals surface area contributed by atoms with Crippen molar-refractivity contribution >= 4 is 11.6 Å². The highest BCUT2D eigenvalue weighted by Gasteiger charge is 2.10. The van der Waals surface area contributed by atoms with E-state index in [0.29, 0.717) is 17.8 Å². The highest BCUT2D eigenvalue weighted by atomic mass is 16.1. The zero-order chi connectivity index (χ0) is 13.7. The molecule has 0 aliphatic rings. The number of nitrogens with zero attached hydrogens (tertiary/aromatic N) is 2. The average Bonchev–Trinajstić information content (AvgIpc) is 2.45. The van der Waals surface area contributed by atoms with Gasteiger partial charge in [-0.05, 0) is 24.1 Å². The topological polar surface area (TPSA) is 80.9 Å². The molecule has 0 spiro atoms. The second-order valence-electron chi connectivity index (χ2n) is 4.11. The zero-order valence-electron chi connectivity index (χ0n) is 10.8. The summed E-state index contributed by atoms with van der Waals surface area (Å²) in [4.78, 5) is 20.2. The minimum atomic E-state index is -0.238. The molecule has 0 atom stereocenters. The van der Waals surface area contributed by atoms with Gasteiger partial charge in [-0.25, -0.2) is 0 Å². The van der Waals surface area contributed by atoms with Crippen LogP contribution in [0.1, 0.15) is 28.5 Å². The maximum Gasteiger partial charge on any atom is 0.255 e. The van der Waals surface area contributed by atoms with Crippen LogP contribution in [0.15, 0.2) is 36.8 Å². The smallest absolute Gasteiger partial charge is 0.255 e. The van der Waals surface area contributed by atoms with Gasteiger partial charge in [0.15, 0.2) is 0 Å². The summed E-state index contributed by atoms with van der Waals surface area (Å²) in [6.45, 7) is 2.44. The number of rotatable bonds is 4. The molecule has 0 unspecified atom stereocenters. The predicted octanol–water partition coefficient (Wildman–Crippen LogP) is 1.55. The van der Waals surface area contributed by atoms with E-state index in [0.717, 1.165) is 17.7 Å². The SMILES string of the molecule is CCc1cccnc1CNC(=O)c1cnccc1N. The molecule has 0 radical (unpaired) electrons. The molecule has 19 heavy (non-hydrogen) atoms. The van der Waals surface area contributed by atoms with Crippen molar-refractivity contribution in [1.82, 2.24) is 15.3 Å². The molecule has 0 aliphatic heterocycles. The van der Waals surface area contributed by atoms with E-state index in [1.54, 1.807) is 18.5 Å². The van der Waals surface area contributed by atoms with Crippen molar-refractivity contribution in [3.05, 3.63) is 53.6 Å². The maximum atomic E-state index is 12.0. The Labute approximate surface area is 111 Å². The number of anilines is 1. The fourth-order valence-electron chi connectivity index (χ4n) is 1.81. The Kier molecular flexibility index (Phi) is 4.07. The Morgan fingerprint density at radius 2 is 2.21 bits per heavy atom. The summed E-state index contributed by atoms with van der Waals surface area (Å²) in [5.41, 5.74) is 8.54. The highest BCUT2D eigenvalue weighted by Crippen LogP contribution is 2.09. The van der Waals surface area contributed by atoms with Gasteiger partial charge in [0, 0.05) is 24.3 Å². The summed E-state index contributed by atoms with van der Waals surface area (Å²) in [6, 6.07) is 5.50. The van der Waals surface area contributed by atoms with Gasteiger partial charge in [-0.15, -0.1) is 0 Å². The molecule has 5 nitrogen and oxygen atoms in total. The molecule has 0 fully saturated rings. The van der Waals surface area contributed by atoms with Crippen LogP contribution in [0.5, 0.6) is 0 Å². The fraction of sp³-hybridized carbons (Fsp3) is 0.214. The van der Waals surface area contributed by atoms with E-state index in [9.17, 15) is 4.79 Å². The molecular formula is C14H16N4O. The molecule has 2 aromatic heterocycles. The summed E-state index contributed by atoms with van der Waals surface area (Å²) in [5, 5.41) is 2.81. The third-order valence-corrected chi connectivity index (χ3v) is 2.88. The standard InChI is InChI=1S/C14H16N4O/c1-2-10-4-3-6-17-13(10)9-18-14(19)11-8-16-7-5-12(11)15/h3-8H,2,9H2,1H3,(H2,15,16)(H,18,19). The molecule has 98 valence electrons. The molecule has 0 saturated carbocycles. The number of hydrogen-bond acceptors (Lipinski definition) is 4. The van der Waals surface area contributed by atoms with Gasteiger partial charge in [-0.3, -0.25) is 14.8 Å². The van der Waals surface area contributed by atoms with Crippen LogP contribution in [0.4, 0.5) is 5.69 Å². The number of nitrogen functional groups attached to an aromatic ring is 1. The normalized spacial score (nSPS) is 10.2. The molecule has 0 bridgehead atoms. The predicted molar refractivity (Wildman–Crippen MR) is 73.4 cm³/mol. The molecule has 0 aromatic carbocycles. The lowest BCUT2D eigenvalue weighted by Crippen LogP contribution is -2.25. The fourth-order valence-corrected chi connectivity index (χ4v) is 1.81. The summed E-state index contributed by atoms with van der Waals surface area (Å²) in [5.74, 6) is -0.238. The highest BCUT2D eigenvalue weighted by molar-refractivity contribution is 5.98. The van der Waals surface area contributed by atoms with Gasteiger partial charge in [-0.2, -0.15) is 0 Å². The number of aryl methyl sites for hydroxylation is 1. The quantitative estimate of drug-likeness (QED) is 0.869. The van der Waals surface area contributed by atoms with Crippen molar-refractivity contribution in [2.24, 2.45) is 0 Å². The molecule has 0 saturated heterocycles. The van der Waals surface area contributed by atoms with Gasteiger partial charge in [0.05, 0.1) is 17.8 Å². The van der Waals surface area contributed by atoms with Crippen molar-refractivity contribution < 1.29 is 4.79 Å². The van der Waals surface area contributed by atoms with Crippen LogP contribution in [0.25, 0.3) is 0 Å². The van der Waals surface area contributed by atoms with Crippen LogP contribution in [-0.2, 0) is 13.0 Å². The second-order valence-corrected chi connectivity index (χ2v) is 4.11. The van der Waals surface area contributed by atoms with Crippen molar-refractivity contribution in [2.75, 3.05) is 5.73 Å². The van der Waals surface area contributed by atoms with Gasteiger partial charge in [-0.1, -0.05) is 13.0 Å². The molecule has 5 heteroatoms. The molecule has 2 rings (SSSR count). The number of carbonyl (C=O) groups excluding carboxylic acids is 1. The largest absolute Gasteiger partial charge is 0.398 e. The molecule has 2 aromatic rings. The van der Waals surface area contributed by atoms with Gasteiger partial charge < -0.3 is 11.1 Å². The van der Waals surface area contributed by atoms with Gasteiger partial charge in [0.1, 0.15) is 0 Å². The number of pyridine rings is 2. The first-order valence-electron chi connectivity index (χ1n) is 6.12. The first-order chi connectivity index (χ1) is 9.22. The van der Waals surface area contributed by atoms with Crippen LogP contribution in [0.3, 0.4) is 0 Å². The van der Waals surface area contributed by atoms with Crippen molar-refractivity contribution in [1.29, 1.82) is 0 Å². The molecule has 2 heterocycles. The first-order valence-corrected chi connectivity index (χ1v) is 6.12. The number of nitrogens with one attached hydrogen (secondary N) is 1. The molecule has 0 aliphatic carbocycles. The Balaban J connectivity index is 2.07. The lowest BCUT2D eigenvalue weighted by molar-refractivity contribution is 0.0951. The minimum Gasteiger partial charge on any atom is -0.398 e. The number of nitrogens with two attached hydrogens (primary N) is 1. The summed E-state index contributed by atoms with van der Waals surface area (Å²) >= 11 is 0. The number of carbonyl (C=O) groups is 1. The van der Waals surface area contributed by atoms with Crippen LogP contribution >= 0.6 is 0 Å². The molecule has 3 N–H and O–H groups in total. The summed E-state index contributed by atoms with van der Waals surface area (Å²) < 4.78 is 0. The van der Waals surface area contributed by atoms with Crippen molar-refractivity contribution in [3.63, 3.8) is 0 Å². The number of amides is 1. The average molecular weight is 256 g/mol. The Morgan fingerprint density at radius 3 is 2.95 bits per heavy atom. The second kappa shape index (κ2) is 5.95. The lowest BCUT2D eigenvalue weighted by Gasteiger charge is -2.09. The van der Waals surface area contributed by atoms with Gasteiger partial charge in [0.25, 0.3) is 5.91 Å². The summed E-state index contributed by atoms with van der Waals surface area (Å²) in [6.07, 6.45) is 5.62. The minimum absolute atomic E-state index is 0.238. The van der Waals surface area contributed by atoms with E-state index in [1.807, 2.05) is 12.1 Å². The number of aromatic nitrogens is 2. The lowest BCUT2D eigenvalue weighted by atomic mass is 10.1. The van der Waals surface area contributed by atoms with Crippen molar-refractivity contribution in [2.45, 2.75) is 19.9 Å². The zero-order valence-corrected chi connectivity index (χ0v) is 10.8. The first kappa shape index (κ1) is 13.0. The number of hydrogen-bond donors (Lipinski definition) is 2. The van der Waals surface area contributed by atoms with Crippen LogP contribution in [-0.4, -0.2) is 15.9 Å². The van der Waals surface area contributed by atoms with E-state index in [2.05, 4.69) is 22.2 Å². The van der Waals surface area contributed by atoms with E-state index in [4.69, 9.17) is 5.73 Å². The monoisotopic (exact) mass is 256 g/mol. The van der Waals surface area contributed by atoms with E-state index < -0.39 is 0 Å². The molecule has 1 amide bonds. The third kappa shape index (κ3) is 3.07. The Bertz CT molecular complexity index is 583. The third-order valence-electron chi connectivity index (χ3n) is 2.88. The van der Waals surface area contributed by atoms with Gasteiger partial charge >= 0.3 is 0 Å². The Hall–Kier alpha value is -2.43. The Morgan fingerprint density at radius 1 is 1.37 bits per heavy atom. The molecular weight excluding hydrogens is 240 g/mol. The van der Waals surface area contributed by atoms with Crippen LogP contribution in [0, 0.1) is 0 Å². The maximum absolute atomic E-state index is 12.0. The van der Waals surface area contributed by atoms with Crippen LogP contribution in [0.2, 0.25) is 0 Å².